The second kappa shape index (κ2) is 7.50. The maximum absolute atomic E-state index is 11.7. The Bertz CT molecular complexity index is 422. The number of hydrogen-bond acceptors (Lipinski definition) is 5. The number of carbonyl (C=O) groups excluding carboxylic acids is 2. The topological polar surface area (TPSA) is 102 Å². The number of carbonyl (C=O) groups is 2. The molecule has 104 valence electrons. The quantitative estimate of drug-likeness (QED) is 0.585. The first-order valence-electron chi connectivity index (χ1n) is 5.87. The minimum atomic E-state index is -1.38. The van der Waals surface area contributed by atoms with Gasteiger partial charge in [0.25, 0.3) is 0 Å². The third-order valence-electron chi connectivity index (χ3n) is 2.58. The van der Waals surface area contributed by atoms with Crippen LogP contribution in [0.4, 0.5) is 0 Å². The third kappa shape index (κ3) is 5.07. The molecule has 1 aromatic rings. The van der Waals surface area contributed by atoms with Crippen molar-refractivity contribution in [1.29, 1.82) is 0 Å². The van der Waals surface area contributed by atoms with Gasteiger partial charge in [-0.2, -0.15) is 0 Å². The van der Waals surface area contributed by atoms with Gasteiger partial charge < -0.3 is 20.9 Å². The van der Waals surface area contributed by atoms with Crippen LogP contribution in [0.2, 0.25) is 0 Å². The van der Waals surface area contributed by atoms with E-state index in [1.807, 2.05) is 30.3 Å². The fourth-order valence-corrected chi connectivity index (χ4v) is 1.51. The number of ether oxygens (including phenoxy) is 1. The minimum absolute atomic E-state index is 0.214. The average molecular weight is 266 g/mol. The summed E-state index contributed by atoms with van der Waals surface area (Å²) in [5, 5.41) is 11.7. The number of rotatable bonds is 6. The van der Waals surface area contributed by atoms with Gasteiger partial charge in [-0.1, -0.05) is 30.3 Å². The van der Waals surface area contributed by atoms with Crippen LogP contribution in [0.15, 0.2) is 30.3 Å². The molecule has 1 amide bonds. The van der Waals surface area contributed by atoms with Crippen LogP contribution in [-0.4, -0.2) is 42.8 Å². The van der Waals surface area contributed by atoms with Crippen LogP contribution in [0.5, 0.6) is 0 Å². The summed E-state index contributed by atoms with van der Waals surface area (Å²) in [5.41, 5.74) is 6.68. The van der Waals surface area contributed by atoms with Crippen molar-refractivity contribution in [2.24, 2.45) is 5.73 Å². The molecule has 0 saturated carbocycles. The van der Waals surface area contributed by atoms with Gasteiger partial charge in [0.2, 0.25) is 5.91 Å². The van der Waals surface area contributed by atoms with Crippen LogP contribution >= 0.6 is 0 Å². The number of amides is 1. The van der Waals surface area contributed by atoms with E-state index in [4.69, 9.17) is 5.73 Å². The van der Waals surface area contributed by atoms with Crippen molar-refractivity contribution in [3.05, 3.63) is 35.9 Å². The van der Waals surface area contributed by atoms with Gasteiger partial charge in [0.1, 0.15) is 0 Å². The first-order valence-corrected chi connectivity index (χ1v) is 5.87. The van der Waals surface area contributed by atoms with E-state index in [0.717, 1.165) is 12.7 Å². The van der Waals surface area contributed by atoms with E-state index in [1.54, 1.807) is 0 Å². The molecular weight excluding hydrogens is 248 g/mol. The number of benzene rings is 1. The van der Waals surface area contributed by atoms with Crippen molar-refractivity contribution in [2.75, 3.05) is 13.7 Å². The molecule has 1 aromatic carbocycles. The van der Waals surface area contributed by atoms with E-state index in [-0.39, 0.29) is 6.54 Å². The van der Waals surface area contributed by atoms with Crippen LogP contribution in [0, 0.1) is 0 Å². The fraction of sp³-hybridized carbons (Fsp3) is 0.385. The van der Waals surface area contributed by atoms with Crippen molar-refractivity contribution in [1.82, 2.24) is 5.32 Å². The van der Waals surface area contributed by atoms with Gasteiger partial charge in [-0.05, 0) is 12.0 Å². The summed E-state index contributed by atoms with van der Waals surface area (Å²) in [4.78, 5) is 22.6. The molecule has 4 N–H and O–H groups in total. The van der Waals surface area contributed by atoms with Gasteiger partial charge in [-0.15, -0.1) is 0 Å². The zero-order chi connectivity index (χ0) is 14.3. The van der Waals surface area contributed by atoms with E-state index in [2.05, 4.69) is 10.1 Å². The van der Waals surface area contributed by atoms with Crippen LogP contribution in [-0.2, 0) is 20.7 Å². The Morgan fingerprint density at radius 2 is 2.00 bits per heavy atom. The molecule has 0 aromatic heterocycles. The molecule has 2 unspecified atom stereocenters. The SMILES string of the molecule is COC(=O)C(O)CNC(=O)C(N)Cc1ccccc1. The van der Waals surface area contributed by atoms with Gasteiger partial charge in [-0.3, -0.25) is 4.79 Å². The fourth-order valence-electron chi connectivity index (χ4n) is 1.51. The summed E-state index contributed by atoms with van der Waals surface area (Å²) in [6.07, 6.45) is -0.987. The van der Waals surface area contributed by atoms with Gasteiger partial charge in [-0.25, -0.2) is 4.79 Å². The Hall–Kier alpha value is -1.92. The first-order chi connectivity index (χ1) is 9.04. The maximum Gasteiger partial charge on any atom is 0.336 e. The van der Waals surface area contributed by atoms with E-state index in [1.165, 1.54) is 0 Å². The highest BCUT2D eigenvalue weighted by Crippen LogP contribution is 2.01. The molecular formula is C13H18N2O4. The second-order valence-corrected chi connectivity index (χ2v) is 4.08. The molecule has 1 rings (SSSR count). The highest BCUT2D eigenvalue weighted by atomic mass is 16.5. The van der Waals surface area contributed by atoms with E-state index >= 15 is 0 Å². The lowest BCUT2D eigenvalue weighted by Crippen LogP contribution is -2.46. The normalized spacial score (nSPS) is 13.4. The maximum atomic E-state index is 11.7. The number of nitrogens with one attached hydrogen (secondary N) is 1. The summed E-state index contributed by atoms with van der Waals surface area (Å²) >= 11 is 0. The van der Waals surface area contributed by atoms with E-state index in [9.17, 15) is 14.7 Å². The summed E-state index contributed by atoms with van der Waals surface area (Å²) in [7, 11) is 1.16. The van der Waals surface area contributed by atoms with Gasteiger partial charge in [0.15, 0.2) is 6.10 Å². The molecule has 2 atom stereocenters. The van der Waals surface area contributed by atoms with Crippen molar-refractivity contribution in [3.8, 4) is 0 Å². The molecule has 0 aliphatic heterocycles. The molecule has 0 fully saturated rings. The molecule has 19 heavy (non-hydrogen) atoms. The number of methoxy groups -OCH3 is 1. The van der Waals surface area contributed by atoms with Gasteiger partial charge >= 0.3 is 5.97 Å². The smallest absolute Gasteiger partial charge is 0.336 e. The molecule has 0 bridgehead atoms. The Labute approximate surface area is 111 Å². The number of hydrogen-bond donors (Lipinski definition) is 3. The van der Waals surface area contributed by atoms with Crippen molar-refractivity contribution in [3.63, 3.8) is 0 Å². The molecule has 0 aliphatic rings. The average Bonchev–Trinajstić information content (AvgIpc) is 2.44. The van der Waals surface area contributed by atoms with Gasteiger partial charge in [0, 0.05) is 0 Å². The molecule has 0 radical (unpaired) electrons. The molecule has 0 heterocycles. The predicted molar refractivity (Wildman–Crippen MR) is 69.2 cm³/mol. The summed E-state index contributed by atoms with van der Waals surface area (Å²) in [6.45, 7) is -0.214. The van der Waals surface area contributed by atoms with E-state index in [0.29, 0.717) is 6.42 Å². The van der Waals surface area contributed by atoms with Crippen molar-refractivity contribution >= 4 is 11.9 Å². The Morgan fingerprint density at radius 1 is 1.37 bits per heavy atom. The van der Waals surface area contributed by atoms with E-state index < -0.39 is 24.0 Å². The van der Waals surface area contributed by atoms with Crippen molar-refractivity contribution < 1.29 is 19.4 Å². The standard InChI is InChI=1S/C13H18N2O4/c1-19-13(18)11(16)8-15-12(17)10(14)7-9-5-3-2-4-6-9/h2-6,10-11,16H,7-8,14H2,1H3,(H,15,17). The molecule has 0 saturated heterocycles. The lowest BCUT2D eigenvalue weighted by atomic mass is 10.1. The third-order valence-corrected chi connectivity index (χ3v) is 2.58. The Kier molecular flexibility index (Phi) is 5.98. The predicted octanol–water partition coefficient (Wildman–Crippen LogP) is -0.793. The molecule has 6 nitrogen and oxygen atoms in total. The highest BCUT2D eigenvalue weighted by Gasteiger charge is 2.19. The molecule has 0 spiro atoms. The van der Waals surface area contributed by atoms with Crippen LogP contribution in [0.3, 0.4) is 0 Å². The number of nitrogens with two attached hydrogens (primary N) is 1. The Morgan fingerprint density at radius 3 is 2.58 bits per heavy atom. The number of esters is 1. The van der Waals surface area contributed by atoms with Crippen molar-refractivity contribution in [2.45, 2.75) is 18.6 Å². The highest BCUT2D eigenvalue weighted by molar-refractivity contribution is 5.83. The first kappa shape index (κ1) is 15.1. The zero-order valence-electron chi connectivity index (χ0n) is 10.7. The minimum Gasteiger partial charge on any atom is -0.467 e. The Balaban J connectivity index is 2.39. The van der Waals surface area contributed by atoms with Crippen LogP contribution in [0.1, 0.15) is 5.56 Å². The number of aliphatic hydroxyl groups is 1. The number of aliphatic hydroxyl groups excluding tert-OH is 1. The monoisotopic (exact) mass is 266 g/mol. The van der Waals surface area contributed by atoms with Gasteiger partial charge in [0.05, 0.1) is 19.7 Å². The molecule has 0 aliphatic carbocycles. The lowest BCUT2D eigenvalue weighted by Gasteiger charge is -2.14. The molecule has 6 heteroatoms. The van der Waals surface area contributed by atoms with Crippen LogP contribution in [0.25, 0.3) is 0 Å². The zero-order valence-corrected chi connectivity index (χ0v) is 10.7. The second-order valence-electron chi connectivity index (χ2n) is 4.08. The summed E-state index contributed by atoms with van der Waals surface area (Å²) in [5.74, 6) is -1.22. The largest absolute Gasteiger partial charge is 0.467 e. The van der Waals surface area contributed by atoms with Crippen LogP contribution < -0.4 is 11.1 Å². The lowest BCUT2D eigenvalue weighted by molar-refractivity contribution is -0.150. The summed E-state index contributed by atoms with van der Waals surface area (Å²) in [6, 6.07) is 8.61. The summed E-state index contributed by atoms with van der Waals surface area (Å²) < 4.78 is 4.33.